The third kappa shape index (κ3) is 4.67. The van der Waals surface area contributed by atoms with E-state index in [0.717, 1.165) is 6.26 Å². The van der Waals surface area contributed by atoms with Crippen molar-refractivity contribution in [1.29, 1.82) is 0 Å². The highest BCUT2D eigenvalue weighted by atomic mass is 79.9. The second-order valence-electron chi connectivity index (χ2n) is 5.08. The first-order chi connectivity index (χ1) is 9.76. The minimum absolute atomic E-state index is 0.0728. The Bertz CT molecular complexity index is 643. The van der Waals surface area contributed by atoms with E-state index in [0.29, 0.717) is 41.0 Å². The summed E-state index contributed by atoms with van der Waals surface area (Å²) < 4.78 is 25.7. The van der Waals surface area contributed by atoms with Crippen molar-refractivity contribution in [2.24, 2.45) is 0 Å². The van der Waals surface area contributed by atoms with Crippen molar-refractivity contribution in [3.05, 3.63) is 33.3 Å². The van der Waals surface area contributed by atoms with E-state index in [2.05, 4.69) is 20.7 Å². The van der Waals surface area contributed by atoms with Crippen LogP contribution in [-0.4, -0.2) is 44.6 Å². The summed E-state index contributed by atoms with van der Waals surface area (Å²) >= 11 is 9.21. The lowest BCUT2D eigenvalue weighted by atomic mass is 10.0. The summed E-state index contributed by atoms with van der Waals surface area (Å²) in [5.41, 5.74) is 0.564. The van der Waals surface area contributed by atoms with E-state index >= 15 is 0 Å². The molecule has 1 amide bonds. The van der Waals surface area contributed by atoms with E-state index < -0.39 is 10.0 Å². The normalized spacial score (nSPS) is 17.0. The molecule has 0 aliphatic carbocycles. The maximum atomic E-state index is 12.4. The number of hydrogen-bond donors (Lipinski definition) is 1. The van der Waals surface area contributed by atoms with E-state index in [9.17, 15) is 13.2 Å². The Hall–Kier alpha value is -0.630. The summed E-state index contributed by atoms with van der Waals surface area (Å²) in [6.45, 7) is 1.06. The molecule has 0 saturated carbocycles. The minimum Gasteiger partial charge on any atom is -0.338 e. The highest BCUT2D eigenvalue weighted by Gasteiger charge is 2.26. The Morgan fingerprint density at radius 3 is 2.52 bits per heavy atom. The third-order valence-electron chi connectivity index (χ3n) is 3.32. The van der Waals surface area contributed by atoms with E-state index in [1.54, 1.807) is 23.1 Å². The van der Waals surface area contributed by atoms with Gasteiger partial charge in [-0.15, -0.1) is 0 Å². The van der Waals surface area contributed by atoms with Crippen LogP contribution in [0.5, 0.6) is 0 Å². The number of rotatable bonds is 3. The number of hydrogen-bond acceptors (Lipinski definition) is 3. The molecular formula is C13H16BrClN2O3S. The fourth-order valence-corrected chi connectivity index (χ4v) is 4.03. The highest BCUT2D eigenvalue weighted by molar-refractivity contribution is 9.10. The van der Waals surface area contributed by atoms with Crippen molar-refractivity contribution in [2.45, 2.75) is 18.9 Å². The van der Waals surface area contributed by atoms with Crippen molar-refractivity contribution in [3.63, 3.8) is 0 Å². The summed E-state index contributed by atoms with van der Waals surface area (Å²) in [6.07, 6.45) is 2.38. The Morgan fingerprint density at radius 2 is 2.00 bits per heavy atom. The van der Waals surface area contributed by atoms with Gasteiger partial charge in [0.05, 0.1) is 11.8 Å². The van der Waals surface area contributed by atoms with Crippen molar-refractivity contribution < 1.29 is 13.2 Å². The van der Waals surface area contributed by atoms with Crippen molar-refractivity contribution >= 4 is 43.5 Å². The van der Waals surface area contributed by atoms with Gasteiger partial charge in [0.2, 0.25) is 10.0 Å². The number of sulfonamides is 1. The van der Waals surface area contributed by atoms with Crippen LogP contribution in [0, 0.1) is 0 Å². The summed E-state index contributed by atoms with van der Waals surface area (Å²) in [6, 6.07) is 4.96. The zero-order valence-corrected chi connectivity index (χ0v) is 14.6. The van der Waals surface area contributed by atoms with E-state index in [4.69, 9.17) is 11.6 Å². The predicted octanol–water partition coefficient (Wildman–Crippen LogP) is 2.26. The predicted molar refractivity (Wildman–Crippen MR) is 86.1 cm³/mol. The summed E-state index contributed by atoms with van der Waals surface area (Å²) in [4.78, 5) is 14.2. The second-order valence-corrected chi connectivity index (χ2v) is 8.15. The summed E-state index contributed by atoms with van der Waals surface area (Å²) in [7, 11) is -3.20. The van der Waals surface area contributed by atoms with Crippen LogP contribution in [0.2, 0.25) is 5.02 Å². The van der Waals surface area contributed by atoms with Crippen molar-refractivity contribution in [2.75, 3.05) is 19.3 Å². The van der Waals surface area contributed by atoms with Crippen LogP contribution in [0.4, 0.5) is 0 Å². The molecule has 0 aromatic heterocycles. The smallest absolute Gasteiger partial charge is 0.255 e. The zero-order valence-electron chi connectivity index (χ0n) is 11.5. The van der Waals surface area contributed by atoms with Gasteiger partial charge in [0.25, 0.3) is 5.91 Å². The molecule has 1 fully saturated rings. The molecule has 0 spiro atoms. The Morgan fingerprint density at radius 1 is 1.38 bits per heavy atom. The van der Waals surface area contributed by atoms with Gasteiger partial charge in [0, 0.05) is 28.6 Å². The SMILES string of the molecule is CS(=O)(=O)NC1CCN(C(=O)c2ccc(Cl)cc2Br)CC1. The molecule has 1 aromatic carbocycles. The molecule has 1 aliphatic heterocycles. The van der Waals surface area contributed by atoms with E-state index in [-0.39, 0.29) is 11.9 Å². The first kappa shape index (κ1) is 16.7. The number of nitrogens with zero attached hydrogens (tertiary/aromatic N) is 1. The number of amides is 1. The lowest BCUT2D eigenvalue weighted by molar-refractivity contribution is 0.0710. The Labute approximate surface area is 137 Å². The monoisotopic (exact) mass is 394 g/mol. The number of likely N-dealkylation sites (tertiary alicyclic amines) is 1. The van der Waals surface area contributed by atoms with Crippen LogP contribution < -0.4 is 4.72 Å². The van der Waals surface area contributed by atoms with E-state index in [1.165, 1.54) is 0 Å². The number of nitrogens with one attached hydrogen (secondary N) is 1. The summed E-state index contributed by atoms with van der Waals surface area (Å²) in [5, 5.41) is 0.564. The minimum atomic E-state index is -3.20. The van der Waals surface area contributed by atoms with Crippen LogP contribution in [0.15, 0.2) is 22.7 Å². The molecule has 0 bridgehead atoms. The second kappa shape index (κ2) is 6.64. The van der Waals surface area contributed by atoms with Gasteiger partial charge in [-0.1, -0.05) is 11.6 Å². The van der Waals surface area contributed by atoms with Gasteiger partial charge in [0.15, 0.2) is 0 Å². The van der Waals surface area contributed by atoms with Crippen molar-refractivity contribution in [1.82, 2.24) is 9.62 Å². The highest BCUT2D eigenvalue weighted by Crippen LogP contribution is 2.24. The molecule has 0 radical (unpaired) electrons. The fraction of sp³-hybridized carbons (Fsp3) is 0.462. The molecule has 0 atom stereocenters. The maximum Gasteiger partial charge on any atom is 0.255 e. The standard InChI is InChI=1S/C13H16BrClN2O3S/c1-21(19,20)16-10-4-6-17(7-5-10)13(18)11-3-2-9(15)8-12(11)14/h2-3,8,10,16H,4-7H2,1H3. The average Bonchev–Trinajstić information content (AvgIpc) is 2.37. The number of benzene rings is 1. The first-order valence-corrected chi connectivity index (χ1v) is 9.54. The molecule has 8 heteroatoms. The van der Waals surface area contributed by atoms with Gasteiger partial charge in [-0.25, -0.2) is 13.1 Å². The van der Waals surface area contributed by atoms with Crippen LogP contribution in [0.1, 0.15) is 23.2 Å². The number of carbonyl (C=O) groups is 1. The molecule has 1 aromatic rings. The van der Waals surface area contributed by atoms with Gasteiger partial charge >= 0.3 is 0 Å². The molecule has 5 nitrogen and oxygen atoms in total. The number of piperidine rings is 1. The molecule has 21 heavy (non-hydrogen) atoms. The van der Waals surface area contributed by atoms with Gasteiger partial charge in [-0.2, -0.15) is 0 Å². The molecule has 2 rings (SSSR count). The zero-order chi connectivity index (χ0) is 15.6. The summed E-state index contributed by atoms with van der Waals surface area (Å²) in [5.74, 6) is -0.0728. The topological polar surface area (TPSA) is 66.5 Å². The lowest BCUT2D eigenvalue weighted by Gasteiger charge is -2.32. The van der Waals surface area contributed by atoms with Gasteiger partial charge in [0.1, 0.15) is 0 Å². The first-order valence-electron chi connectivity index (χ1n) is 6.48. The third-order valence-corrected chi connectivity index (χ3v) is 4.98. The molecule has 0 unspecified atom stereocenters. The Kier molecular flexibility index (Phi) is 5.29. The maximum absolute atomic E-state index is 12.4. The van der Waals surface area contributed by atoms with Crippen LogP contribution in [0.25, 0.3) is 0 Å². The molecule has 1 heterocycles. The quantitative estimate of drug-likeness (QED) is 0.853. The van der Waals surface area contributed by atoms with Gasteiger partial charge < -0.3 is 4.90 Å². The fourth-order valence-electron chi connectivity index (χ4n) is 2.34. The molecule has 1 aliphatic rings. The Balaban J connectivity index is 2.00. The van der Waals surface area contributed by atoms with Gasteiger partial charge in [-0.3, -0.25) is 4.79 Å². The largest absolute Gasteiger partial charge is 0.338 e. The van der Waals surface area contributed by atoms with Crippen LogP contribution in [-0.2, 0) is 10.0 Å². The van der Waals surface area contributed by atoms with E-state index in [1.807, 2.05) is 0 Å². The molecule has 116 valence electrons. The molecule has 1 saturated heterocycles. The number of halogens is 2. The van der Waals surface area contributed by atoms with Crippen LogP contribution >= 0.6 is 27.5 Å². The van der Waals surface area contributed by atoms with Crippen LogP contribution in [0.3, 0.4) is 0 Å². The average molecular weight is 396 g/mol. The molecule has 1 N–H and O–H groups in total. The lowest BCUT2D eigenvalue weighted by Crippen LogP contribution is -2.46. The molecular weight excluding hydrogens is 380 g/mol. The van der Waals surface area contributed by atoms with Gasteiger partial charge in [-0.05, 0) is 47.0 Å². The van der Waals surface area contributed by atoms with Crippen molar-refractivity contribution in [3.8, 4) is 0 Å². The number of carbonyl (C=O) groups excluding carboxylic acids is 1.